The van der Waals surface area contributed by atoms with Crippen LogP contribution in [-0.4, -0.2) is 87.3 Å². The van der Waals surface area contributed by atoms with E-state index in [4.69, 9.17) is 9.47 Å². The summed E-state index contributed by atoms with van der Waals surface area (Å²) >= 11 is 0. The predicted octanol–water partition coefficient (Wildman–Crippen LogP) is -0.0404. The molecule has 1 aromatic rings. The van der Waals surface area contributed by atoms with Gasteiger partial charge < -0.3 is 14.4 Å². The van der Waals surface area contributed by atoms with E-state index in [1.807, 2.05) is 35.2 Å². The van der Waals surface area contributed by atoms with E-state index in [1.54, 1.807) is 12.1 Å². The molecule has 1 N–H and O–H groups in total. The minimum absolute atomic E-state index is 0.0260. The standard InChI is InChI=1S/C20H28N4O4/c1-27-10-7-22-13-16(19(25)23-8-11-28-12-9-23)18-17(14-22)20(26)24(21-18)15-5-3-2-4-6-15/h2-6,16-18,21H,7-14H2,1H3. The van der Waals surface area contributed by atoms with Crippen LogP contribution in [-0.2, 0) is 19.1 Å². The second-order valence-electron chi connectivity index (χ2n) is 7.57. The van der Waals surface area contributed by atoms with Gasteiger partial charge in [0, 0.05) is 39.8 Å². The lowest BCUT2D eigenvalue weighted by Crippen LogP contribution is -2.59. The number of anilines is 1. The Morgan fingerprint density at radius 2 is 1.96 bits per heavy atom. The molecule has 3 heterocycles. The normalized spacial score (nSPS) is 28.5. The van der Waals surface area contributed by atoms with E-state index in [1.165, 1.54) is 0 Å². The largest absolute Gasteiger partial charge is 0.383 e. The minimum atomic E-state index is -0.272. The molecule has 0 aromatic heterocycles. The van der Waals surface area contributed by atoms with Gasteiger partial charge in [-0.25, -0.2) is 10.4 Å². The predicted molar refractivity (Wildman–Crippen MR) is 104 cm³/mol. The highest BCUT2D eigenvalue weighted by Crippen LogP contribution is 2.32. The van der Waals surface area contributed by atoms with Crippen LogP contribution in [0.5, 0.6) is 0 Å². The molecule has 3 fully saturated rings. The van der Waals surface area contributed by atoms with Crippen LogP contribution in [0.4, 0.5) is 5.69 Å². The topological polar surface area (TPSA) is 74.4 Å². The van der Waals surface area contributed by atoms with Crippen LogP contribution < -0.4 is 10.4 Å². The van der Waals surface area contributed by atoms with Crippen molar-refractivity contribution in [2.75, 3.05) is 64.7 Å². The Bertz CT molecular complexity index is 695. The molecule has 3 aliphatic rings. The monoisotopic (exact) mass is 388 g/mol. The van der Waals surface area contributed by atoms with Gasteiger partial charge in [0.15, 0.2) is 0 Å². The number of nitrogens with one attached hydrogen (secondary N) is 1. The van der Waals surface area contributed by atoms with Crippen molar-refractivity contribution in [2.24, 2.45) is 11.8 Å². The van der Waals surface area contributed by atoms with Gasteiger partial charge in [-0.05, 0) is 12.1 Å². The van der Waals surface area contributed by atoms with Gasteiger partial charge in [0.25, 0.3) is 0 Å². The molecule has 4 rings (SSSR count). The van der Waals surface area contributed by atoms with Crippen molar-refractivity contribution in [2.45, 2.75) is 6.04 Å². The number of morpholine rings is 1. The number of carbonyl (C=O) groups excluding carboxylic acids is 2. The summed E-state index contributed by atoms with van der Waals surface area (Å²) in [5.41, 5.74) is 4.16. The molecule has 28 heavy (non-hydrogen) atoms. The number of methoxy groups -OCH3 is 1. The van der Waals surface area contributed by atoms with Crippen molar-refractivity contribution in [3.63, 3.8) is 0 Å². The van der Waals surface area contributed by atoms with Gasteiger partial charge in [-0.3, -0.25) is 14.5 Å². The SMILES string of the molecule is COCCN1CC(C(=O)N2CCOCC2)C2NN(c3ccccc3)C(=O)C2C1. The molecule has 3 aliphatic heterocycles. The number of benzene rings is 1. The molecule has 8 heteroatoms. The quantitative estimate of drug-likeness (QED) is 0.763. The Morgan fingerprint density at radius 1 is 1.21 bits per heavy atom. The third-order valence-electron chi connectivity index (χ3n) is 5.86. The van der Waals surface area contributed by atoms with Crippen LogP contribution in [0, 0.1) is 11.8 Å². The van der Waals surface area contributed by atoms with Crippen molar-refractivity contribution < 1.29 is 19.1 Å². The van der Waals surface area contributed by atoms with E-state index in [2.05, 4.69) is 10.3 Å². The van der Waals surface area contributed by atoms with Gasteiger partial charge in [0.2, 0.25) is 11.8 Å². The summed E-state index contributed by atoms with van der Waals surface area (Å²) in [6.07, 6.45) is 0. The molecule has 3 atom stereocenters. The Labute approximate surface area is 165 Å². The van der Waals surface area contributed by atoms with Crippen molar-refractivity contribution in [3.05, 3.63) is 30.3 Å². The van der Waals surface area contributed by atoms with Gasteiger partial charge in [-0.2, -0.15) is 0 Å². The fourth-order valence-electron chi connectivity index (χ4n) is 4.36. The fourth-order valence-corrected chi connectivity index (χ4v) is 4.36. The van der Waals surface area contributed by atoms with Crippen LogP contribution >= 0.6 is 0 Å². The van der Waals surface area contributed by atoms with Crippen LogP contribution in [0.1, 0.15) is 0 Å². The number of hydrogen-bond donors (Lipinski definition) is 1. The van der Waals surface area contributed by atoms with Crippen LogP contribution in [0.3, 0.4) is 0 Å². The molecular weight excluding hydrogens is 360 g/mol. The summed E-state index contributed by atoms with van der Waals surface area (Å²) in [5.74, 6) is -0.388. The maximum absolute atomic E-state index is 13.3. The molecule has 0 bridgehead atoms. The van der Waals surface area contributed by atoms with Crippen LogP contribution in [0.25, 0.3) is 0 Å². The zero-order chi connectivity index (χ0) is 19.5. The lowest BCUT2D eigenvalue weighted by Gasteiger charge is -2.40. The van der Waals surface area contributed by atoms with Gasteiger partial charge in [-0.1, -0.05) is 18.2 Å². The van der Waals surface area contributed by atoms with Gasteiger partial charge >= 0.3 is 0 Å². The number of hydrazine groups is 1. The summed E-state index contributed by atoms with van der Waals surface area (Å²) < 4.78 is 10.6. The summed E-state index contributed by atoms with van der Waals surface area (Å²) in [6, 6.07) is 9.37. The van der Waals surface area contributed by atoms with E-state index in [0.717, 1.165) is 5.69 Å². The number of carbonyl (C=O) groups is 2. The first kappa shape index (κ1) is 19.3. The third-order valence-corrected chi connectivity index (χ3v) is 5.86. The maximum Gasteiger partial charge on any atom is 0.247 e. The number of fused-ring (bicyclic) bond motifs is 1. The lowest BCUT2D eigenvalue weighted by atomic mass is 9.83. The highest BCUT2D eigenvalue weighted by atomic mass is 16.5. The second kappa shape index (κ2) is 8.57. The number of rotatable bonds is 5. The Hall–Kier alpha value is -2.00. The van der Waals surface area contributed by atoms with E-state index in [0.29, 0.717) is 52.5 Å². The van der Waals surface area contributed by atoms with Gasteiger partial charge in [0.05, 0.1) is 43.4 Å². The van der Waals surface area contributed by atoms with Crippen LogP contribution in [0.2, 0.25) is 0 Å². The van der Waals surface area contributed by atoms with E-state index >= 15 is 0 Å². The van der Waals surface area contributed by atoms with Crippen molar-refractivity contribution in [3.8, 4) is 0 Å². The number of nitrogens with zero attached hydrogens (tertiary/aromatic N) is 3. The van der Waals surface area contributed by atoms with E-state index in [-0.39, 0.29) is 29.7 Å². The van der Waals surface area contributed by atoms with Crippen molar-refractivity contribution in [1.29, 1.82) is 0 Å². The second-order valence-corrected chi connectivity index (χ2v) is 7.57. The molecular formula is C20H28N4O4. The van der Waals surface area contributed by atoms with Gasteiger partial charge in [-0.15, -0.1) is 0 Å². The Balaban J connectivity index is 1.57. The average Bonchev–Trinajstić information content (AvgIpc) is 3.09. The minimum Gasteiger partial charge on any atom is -0.383 e. The summed E-state index contributed by atoms with van der Waals surface area (Å²) in [4.78, 5) is 30.5. The summed E-state index contributed by atoms with van der Waals surface area (Å²) in [7, 11) is 1.67. The van der Waals surface area contributed by atoms with E-state index in [9.17, 15) is 9.59 Å². The molecule has 3 saturated heterocycles. The first-order valence-corrected chi connectivity index (χ1v) is 9.92. The number of hydrogen-bond acceptors (Lipinski definition) is 6. The Kier molecular flexibility index (Phi) is 5.91. The summed E-state index contributed by atoms with van der Waals surface area (Å²) in [5, 5.41) is 1.62. The third kappa shape index (κ3) is 3.77. The van der Waals surface area contributed by atoms with E-state index < -0.39 is 0 Å². The zero-order valence-corrected chi connectivity index (χ0v) is 16.3. The molecule has 8 nitrogen and oxygen atoms in total. The molecule has 0 radical (unpaired) electrons. The molecule has 0 spiro atoms. The first-order chi connectivity index (χ1) is 13.7. The number of para-hydroxylation sites is 1. The first-order valence-electron chi connectivity index (χ1n) is 9.92. The summed E-state index contributed by atoms with van der Waals surface area (Å²) in [6.45, 7) is 4.93. The van der Waals surface area contributed by atoms with Gasteiger partial charge in [0.1, 0.15) is 0 Å². The molecule has 3 unspecified atom stereocenters. The lowest BCUT2D eigenvalue weighted by molar-refractivity contribution is -0.143. The number of ether oxygens (including phenoxy) is 2. The smallest absolute Gasteiger partial charge is 0.247 e. The van der Waals surface area contributed by atoms with Crippen molar-refractivity contribution >= 4 is 17.5 Å². The number of likely N-dealkylation sites (tertiary alicyclic amines) is 1. The Morgan fingerprint density at radius 3 is 2.68 bits per heavy atom. The molecule has 1 aromatic carbocycles. The highest BCUT2D eigenvalue weighted by molar-refractivity contribution is 5.98. The van der Waals surface area contributed by atoms with Crippen molar-refractivity contribution in [1.82, 2.24) is 15.2 Å². The fraction of sp³-hybridized carbons (Fsp3) is 0.600. The van der Waals surface area contributed by atoms with Crippen LogP contribution in [0.15, 0.2) is 30.3 Å². The molecule has 0 saturated carbocycles. The number of piperidine rings is 1. The molecule has 152 valence electrons. The highest BCUT2D eigenvalue weighted by Gasteiger charge is 2.51. The molecule has 2 amide bonds. The molecule has 0 aliphatic carbocycles. The maximum atomic E-state index is 13.3. The average molecular weight is 388 g/mol. The number of amides is 2. The zero-order valence-electron chi connectivity index (χ0n) is 16.3.